The van der Waals surface area contributed by atoms with Crippen molar-refractivity contribution < 1.29 is 24.2 Å². The van der Waals surface area contributed by atoms with Crippen molar-refractivity contribution in [3.63, 3.8) is 0 Å². The summed E-state index contributed by atoms with van der Waals surface area (Å²) in [4.78, 5) is 29.4. The molecule has 0 spiro atoms. The van der Waals surface area contributed by atoms with Crippen molar-refractivity contribution in [3.05, 3.63) is 30.1 Å². The molecule has 0 saturated carbocycles. The molecule has 3 heterocycles. The van der Waals surface area contributed by atoms with Gasteiger partial charge >= 0.3 is 6.09 Å². The molecule has 1 aliphatic heterocycles. The number of aromatic nitrogens is 2. The number of carbonyl (C=O) groups excluding carboxylic acids is 2. The maximum Gasteiger partial charge on any atom is 0.419 e. The maximum absolute atomic E-state index is 12.7. The lowest BCUT2D eigenvalue weighted by Gasteiger charge is -2.28. The van der Waals surface area contributed by atoms with Gasteiger partial charge in [-0.1, -0.05) is 0 Å². The Bertz CT molecular complexity index is 824. The summed E-state index contributed by atoms with van der Waals surface area (Å²) in [5.41, 5.74) is 0.479. The SMILES string of the molecule is CC(C)(C)OC(=O)n1cc(C(=O)N[C@H]2CCOC[C@@H]2O)c2ncccc21. The minimum atomic E-state index is -0.764. The molecule has 1 fully saturated rings. The molecule has 140 valence electrons. The van der Waals surface area contributed by atoms with Crippen LogP contribution in [0.5, 0.6) is 0 Å². The fourth-order valence-electron chi connectivity index (χ4n) is 2.82. The Balaban J connectivity index is 1.91. The predicted molar refractivity (Wildman–Crippen MR) is 94.1 cm³/mol. The van der Waals surface area contributed by atoms with Crippen LogP contribution < -0.4 is 5.32 Å². The average molecular weight is 361 g/mol. The van der Waals surface area contributed by atoms with Gasteiger partial charge in [0.25, 0.3) is 5.91 Å². The Labute approximate surface area is 151 Å². The summed E-state index contributed by atoms with van der Waals surface area (Å²) in [6.07, 6.45) is 2.15. The molecule has 1 aliphatic rings. The molecule has 2 aromatic rings. The fraction of sp³-hybridized carbons (Fsp3) is 0.500. The van der Waals surface area contributed by atoms with E-state index < -0.39 is 29.7 Å². The van der Waals surface area contributed by atoms with E-state index in [9.17, 15) is 14.7 Å². The van der Waals surface area contributed by atoms with Gasteiger partial charge in [0.2, 0.25) is 0 Å². The van der Waals surface area contributed by atoms with Crippen LogP contribution in [0.1, 0.15) is 37.6 Å². The number of carbonyl (C=O) groups is 2. The van der Waals surface area contributed by atoms with E-state index in [1.807, 2.05) is 0 Å². The van der Waals surface area contributed by atoms with Crippen LogP contribution in [0.15, 0.2) is 24.5 Å². The largest absolute Gasteiger partial charge is 0.443 e. The summed E-state index contributed by atoms with van der Waals surface area (Å²) in [6.45, 7) is 5.97. The van der Waals surface area contributed by atoms with Gasteiger partial charge in [0.15, 0.2) is 0 Å². The lowest BCUT2D eigenvalue weighted by molar-refractivity contribution is -0.0260. The topological polar surface area (TPSA) is 103 Å². The minimum Gasteiger partial charge on any atom is -0.443 e. The van der Waals surface area contributed by atoms with E-state index in [0.717, 1.165) is 0 Å². The van der Waals surface area contributed by atoms with Gasteiger partial charge < -0.3 is 19.9 Å². The van der Waals surface area contributed by atoms with Gasteiger partial charge in [0, 0.05) is 19.0 Å². The van der Waals surface area contributed by atoms with Crippen LogP contribution in [0.4, 0.5) is 4.79 Å². The third kappa shape index (κ3) is 3.86. The van der Waals surface area contributed by atoms with Gasteiger partial charge in [-0.05, 0) is 39.3 Å². The first-order valence-electron chi connectivity index (χ1n) is 8.52. The molecule has 0 bridgehead atoms. The van der Waals surface area contributed by atoms with Crippen molar-refractivity contribution in [1.29, 1.82) is 0 Å². The summed E-state index contributed by atoms with van der Waals surface area (Å²) in [7, 11) is 0. The van der Waals surface area contributed by atoms with Gasteiger partial charge in [0.05, 0.1) is 29.8 Å². The van der Waals surface area contributed by atoms with Crippen molar-refractivity contribution >= 4 is 23.0 Å². The second-order valence-electron chi connectivity index (χ2n) is 7.28. The molecular formula is C18H23N3O5. The monoisotopic (exact) mass is 361 g/mol. The Morgan fingerprint density at radius 1 is 1.42 bits per heavy atom. The zero-order chi connectivity index (χ0) is 18.9. The second-order valence-corrected chi connectivity index (χ2v) is 7.28. The van der Waals surface area contributed by atoms with E-state index in [1.165, 1.54) is 10.8 Å². The number of aliphatic hydroxyl groups excluding tert-OH is 1. The van der Waals surface area contributed by atoms with E-state index in [0.29, 0.717) is 24.1 Å². The number of nitrogens with one attached hydrogen (secondary N) is 1. The Kier molecular flexibility index (Phi) is 4.97. The van der Waals surface area contributed by atoms with Gasteiger partial charge in [-0.2, -0.15) is 0 Å². The number of pyridine rings is 1. The molecule has 2 aromatic heterocycles. The Morgan fingerprint density at radius 3 is 2.88 bits per heavy atom. The molecule has 1 amide bonds. The first kappa shape index (κ1) is 18.3. The first-order chi connectivity index (χ1) is 12.3. The molecule has 1 saturated heterocycles. The molecule has 3 rings (SSSR count). The number of fused-ring (bicyclic) bond motifs is 1. The van der Waals surface area contributed by atoms with Crippen LogP contribution in [0.3, 0.4) is 0 Å². The third-order valence-electron chi connectivity index (χ3n) is 4.04. The van der Waals surface area contributed by atoms with E-state index in [-0.39, 0.29) is 12.2 Å². The number of aliphatic hydroxyl groups is 1. The van der Waals surface area contributed by atoms with Crippen LogP contribution >= 0.6 is 0 Å². The number of hydrogen-bond acceptors (Lipinski definition) is 6. The molecule has 2 atom stereocenters. The van der Waals surface area contributed by atoms with Gasteiger partial charge in [-0.25, -0.2) is 4.79 Å². The van der Waals surface area contributed by atoms with Gasteiger partial charge in [0.1, 0.15) is 11.1 Å². The molecule has 26 heavy (non-hydrogen) atoms. The zero-order valence-corrected chi connectivity index (χ0v) is 15.1. The molecule has 2 N–H and O–H groups in total. The molecule has 0 aromatic carbocycles. The van der Waals surface area contributed by atoms with Crippen LogP contribution in [-0.2, 0) is 9.47 Å². The van der Waals surface area contributed by atoms with Crippen molar-refractivity contribution in [2.45, 2.75) is 44.9 Å². The summed E-state index contributed by atoms with van der Waals surface area (Å²) in [6, 6.07) is 2.99. The molecule has 0 unspecified atom stereocenters. The quantitative estimate of drug-likeness (QED) is 0.844. The summed E-state index contributed by atoms with van der Waals surface area (Å²) in [5.74, 6) is -0.401. The van der Waals surface area contributed by atoms with E-state index in [1.54, 1.807) is 39.1 Å². The maximum atomic E-state index is 12.7. The van der Waals surface area contributed by atoms with E-state index >= 15 is 0 Å². The van der Waals surface area contributed by atoms with Crippen molar-refractivity contribution in [1.82, 2.24) is 14.9 Å². The highest BCUT2D eigenvalue weighted by molar-refractivity contribution is 6.07. The number of ether oxygens (including phenoxy) is 2. The van der Waals surface area contributed by atoms with Gasteiger partial charge in [-0.3, -0.25) is 14.3 Å². The van der Waals surface area contributed by atoms with Crippen LogP contribution in [-0.4, -0.2) is 57.6 Å². The van der Waals surface area contributed by atoms with Crippen LogP contribution in [0.2, 0.25) is 0 Å². The highest BCUT2D eigenvalue weighted by Gasteiger charge is 2.28. The smallest absolute Gasteiger partial charge is 0.419 e. The van der Waals surface area contributed by atoms with Crippen molar-refractivity contribution in [2.75, 3.05) is 13.2 Å². The fourth-order valence-corrected chi connectivity index (χ4v) is 2.82. The van der Waals surface area contributed by atoms with Crippen molar-refractivity contribution in [2.24, 2.45) is 0 Å². The third-order valence-corrected chi connectivity index (χ3v) is 4.04. The highest BCUT2D eigenvalue weighted by Crippen LogP contribution is 2.21. The Hall–Kier alpha value is -2.45. The summed E-state index contributed by atoms with van der Waals surface area (Å²) in [5, 5.41) is 12.8. The number of rotatable bonds is 2. The number of nitrogens with zero attached hydrogens (tertiary/aromatic N) is 2. The number of hydrogen-bond donors (Lipinski definition) is 2. The van der Waals surface area contributed by atoms with Crippen LogP contribution in [0.25, 0.3) is 11.0 Å². The molecular weight excluding hydrogens is 338 g/mol. The summed E-state index contributed by atoms with van der Waals surface area (Å²) >= 11 is 0. The molecule has 8 heteroatoms. The lowest BCUT2D eigenvalue weighted by Crippen LogP contribution is -2.48. The summed E-state index contributed by atoms with van der Waals surface area (Å²) < 4.78 is 11.9. The standard InChI is InChI=1S/C18H23N3O5/c1-18(2,3)26-17(24)21-9-11(15-13(21)5-4-7-19-15)16(23)20-12-6-8-25-10-14(12)22/h4-5,7,9,12,14,22H,6,8,10H2,1-3H3,(H,20,23)/t12-,14-/m0/s1. The predicted octanol–water partition coefficient (Wildman–Crippen LogP) is 1.70. The normalized spacial score (nSPS) is 20.8. The average Bonchev–Trinajstić information content (AvgIpc) is 2.95. The van der Waals surface area contributed by atoms with E-state index in [4.69, 9.17) is 9.47 Å². The molecule has 0 radical (unpaired) electrons. The minimum absolute atomic E-state index is 0.183. The second kappa shape index (κ2) is 7.05. The van der Waals surface area contributed by atoms with E-state index in [2.05, 4.69) is 10.3 Å². The lowest BCUT2D eigenvalue weighted by atomic mass is 10.1. The van der Waals surface area contributed by atoms with Crippen LogP contribution in [0, 0.1) is 0 Å². The highest BCUT2D eigenvalue weighted by atomic mass is 16.6. The molecule has 8 nitrogen and oxygen atoms in total. The zero-order valence-electron chi connectivity index (χ0n) is 15.1. The van der Waals surface area contributed by atoms with Crippen molar-refractivity contribution in [3.8, 4) is 0 Å². The van der Waals surface area contributed by atoms with Gasteiger partial charge in [-0.15, -0.1) is 0 Å². The Morgan fingerprint density at radius 2 is 2.19 bits per heavy atom. The number of amides is 1. The first-order valence-corrected chi connectivity index (χ1v) is 8.52. The molecule has 0 aliphatic carbocycles.